The molecule has 1 amide bonds. The van der Waals surface area contributed by atoms with Crippen LogP contribution in [0.5, 0.6) is 11.5 Å². The van der Waals surface area contributed by atoms with Crippen molar-refractivity contribution in [3.05, 3.63) is 102 Å². The lowest BCUT2D eigenvalue weighted by Crippen LogP contribution is -2.23. The van der Waals surface area contributed by atoms with Crippen LogP contribution in [-0.4, -0.2) is 35.1 Å². The second-order valence-corrected chi connectivity index (χ2v) is 8.58. The molecule has 0 bridgehead atoms. The van der Waals surface area contributed by atoms with E-state index < -0.39 is 5.91 Å². The van der Waals surface area contributed by atoms with Crippen molar-refractivity contribution in [1.82, 2.24) is 20.3 Å². The Balaban J connectivity index is 1.39. The van der Waals surface area contributed by atoms with Crippen molar-refractivity contribution in [2.75, 3.05) is 14.2 Å². The van der Waals surface area contributed by atoms with Gasteiger partial charge in [-0.2, -0.15) is 5.10 Å². The highest BCUT2D eigenvalue weighted by Gasteiger charge is 2.18. The highest BCUT2D eigenvalue weighted by Crippen LogP contribution is 2.32. The Labute approximate surface area is 218 Å². The van der Waals surface area contributed by atoms with Gasteiger partial charge in [0.2, 0.25) is 0 Å². The van der Waals surface area contributed by atoms with Crippen LogP contribution in [-0.2, 0) is 6.54 Å². The predicted molar refractivity (Wildman–Crippen MR) is 140 cm³/mol. The van der Waals surface area contributed by atoms with E-state index in [0.717, 1.165) is 16.8 Å². The number of para-hydroxylation sites is 1. The van der Waals surface area contributed by atoms with E-state index in [2.05, 4.69) is 10.5 Å². The van der Waals surface area contributed by atoms with Gasteiger partial charge in [-0.25, -0.2) is 9.07 Å². The molecule has 0 saturated heterocycles. The number of nitrogens with one attached hydrogen (secondary N) is 1. The van der Waals surface area contributed by atoms with E-state index in [4.69, 9.17) is 19.1 Å². The topological polar surface area (TPSA) is 91.4 Å². The van der Waals surface area contributed by atoms with Crippen LogP contribution in [0.4, 0.5) is 4.39 Å². The standard InChI is InChI=1S/C29H25FN4O4/c1-18-13-20(9-11-23(18)30)28-21(17-34(32-28)22-7-5-4-6-8-22)16-31-29(35)24-15-26(38-33-24)19-10-12-25(36-2)27(14-19)37-3/h4-15,17H,16H2,1-3H3,(H,31,35). The van der Waals surface area contributed by atoms with Gasteiger partial charge in [0.25, 0.3) is 5.91 Å². The first kappa shape index (κ1) is 24.8. The summed E-state index contributed by atoms with van der Waals surface area (Å²) in [6.45, 7) is 1.88. The summed E-state index contributed by atoms with van der Waals surface area (Å²) >= 11 is 0. The summed E-state index contributed by atoms with van der Waals surface area (Å²) in [4.78, 5) is 13.0. The zero-order valence-corrected chi connectivity index (χ0v) is 21.1. The monoisotopic (exact) mass is 512 g/mol. The predicted octanol–water partition coefficient (Wildman–Crippen LogP) is 5.59. The van der Waals surface area contributed by atoms with Crippen LogP contribution >= 0.6 is 0 Å². The lowest BCUT2D eigenvalue weighted by molar-refractivity contribution is 0.0942. The molecule has 9 heteroatoms. The summed E-state index contributed by atoms with van der Waals surface area (Å²) in [5, 5.41) is 11.6. The number of aryl methyl sites for hydroxylation is 1. The van der Waals surface area contributed by atoms with Crippen molar-refractivity contribution in [2.24, 2.45) is 0 Å². The summed E-state index contributed by atoms with van der Waals surface area (Å²) < 4.78 is 31.7. The van der Waals surface area contributed by atoms with E-state index in [1.165, 1.54) is 6.07 Å². The average molecular weight is 513 g/mol. The molecule has 0 aliphatic rings. The molecule has 3 aromatic carbocycles. The summed E-state index contributed by atoms with van der Waals surface area (Å²) in [5.41, 5.74) is 4.34. The van der Waals surface area contributed by atoms with Gasteiger partial charge in [0, 0.05) is 35.5 Å². The minimum Gasteiger partial charge on any atom is -0.493 e. The van der Waals surface area contributed by atoms with E-state index in [1.807, 2.05) is 36.5 Å². The number of methoxy groups -OCH3 is 2. The molecule has 2 heterocycles. The Morgan fingerprint density at radius 3 is 2.47 bits per heavy atom. The van der Waals surface area contributed by atoms with E-state index in [9.17, 15) is 9.18 Å². The van der Waals surface area contributed by atoms with E-state index in [0.29, 0.717) is 34.1 Å². The maximum Gasteiger partial charge on any atom is 0.273 e. The summed E-state index contributed by atoms with van der Waals surface area (Å²) in [6.07, 6.45) is 1.85. The van der Waals surface area contributed by atoms with Crippen LogP contribution in [0.1, 0.15) is 21.6 Å². The number of hydrogen-bond acceptors (Lipinski definition) is 6. The van der Waals surface area contributed by atoms with Gasteiger partial charge in [0.05, 0.1) is 25.6 Å². The molecule has 0 aliphatic carbocycles. The molecule has 38 heavy (non-hydrogen) atoms. The second kappa shape index (κ2) is 10.6. The smallest absolute Gasteiger partial charge is 0.273 e. The fraction of sp³-hybridized carbons (Fsp3) is 0.138. The lowest BCUT2D eigenvalue weighted by atomic mass is 10.1. The van der Waals surface area contributed by atoms with Crippen LogP contribution in [0.3, 0.4) is 0 Å². The third-order valence-electron chi connectivity index (χ3n) is 6.09. The summed E-state index contributed by atoms with van der Waals surface area (Å²) in [7, 11) is 3.10. The first-order valence-electron chi connectivity index (χ1n) is 11.8. The largest absolute Gasteiger partial charge is 0.493 e. The molecule has 0 radical (unpaired) electrons. The fourth-order valence-corrected chi connectivity index (χ4v) is 4.06. The summed E-state index contributed by atoms with van der Waals surface area (Å²) in [6, 6.07) is 21.3. The molecular weight excluding hydrogens is 487 g/mol. The molecule has 0 unspecified atom stereocenters. The van der Waals surface area contributed by atoms with Crippen LogP contribution in [0.2, 0.25) is 0 Å². The number of hydrogen-bond donors (Lipinski definition) is 1. The van der Waals surface area contributed by atoms with Gasteiger partial charge in [-0.05, 0) is 61.0 Å². The number of benzene rings is 3. The number of rotatable bonds is 8. The van der Waals surface area contributed by atoms with Crippen molar-refractivity contribution in [2.45, 2.75) is 13.5 Å². The molecule has 8 nitrogen and oxygen atoms in total. The Morgan fingerprint density at radius 1 is 0.974 bits per heavy atom. The second-order valence-electron chi connectivity index (χ2n) is 8.58. The van der Waals surface area contributed by atoms with Crippen LogP contribution in [0.25, 0.3) is 28.3 Å². The van der Waals surface area contributed by atoms with Gasteiger partial charge >= 0.3 is 0 Å². The SMILES string of the molecule is COc1ccc(-c2cc(C(=O)NCc3cn(-c4ccccc4)nc3-c3ccc(F)c(C)c3)no2)cc1OC. The zero-order valence-electron chi connectivity index (χ0n) is 21.1. The molecular formula is C29H25FN4O4. The van der Waals surface area contributed by atoms with Crippen molar-refractivity contribution >= 4 is 5.91 Å². The Bertz CT molecular complexity index is 1590. The van der Waals surface area contributed by atoms with Gasteiger partial charge in [-0.3, -0.25) is 4.79 Å². The van der Waals surface area contributed by atoms with Gasteiger partial charge in [0.1, 0.15) is 5.82 Å². The molecule has 1 N–H and O–H groups in total. The number of carbonyl (C=O) groups is 1. The number of carbonyl (C=O) groups excluding carboxylic acids is 1. The van der Waals surface area contributed by atoms with Crippen molar-refractivity contribution in [3.63, 3.8) is 0 Å². The maximum atomic E-state index is 13.9. The third-order valence-corrected chi connectivity index (χ3v) is 6.09. The van der Waals surface area contributed by atoms with Crippen LogP contribution in [0.15, 0.2) is 83.5 Å². The molecule has 0 atom stereocenters. The molecule has 5 rings (SSSR count). The number of halogens is 1. The highest BCUT2D eigenvalue weighted by molar-refractivity contribution is 5.93. The number of ether oxygens (including phenoxy) is 2. The van der Waals surface area contributed by atoms with Gasteiger partial charge < -0.3 is 19.3 Å². The number of amides is 1. The number of aromatic nitrogens is 3. The Hall–Kier alpha value is -4.92. The third kappa shape index (κ3) is 4.99. The van der Waals surface area contributed by atoms with E-state index in [-0.39, 0.29) is 18.1 Å². The molecule has 192 valence electrons. The zero-order chi connectivity index (χ0) is 26.6. The van der Waals surface area contributed by atoms with E-state index >= 15 is 0 Å². The maximum absolute atomic E-state index is 13.9. The van der Waals surface area contributed by atoms with Crippen LogP contribution in [0, 0.1) is 12.7 Å². The average Bonchev–Trinajstić information content (AvgIpc) is 3.61. The van der Waals surface area contributed by atoms with Crippen LogP contribution < -0.4 is 14.8 Å². The minimum atomic E-state index is -0.408. The first-order chi connectivity index (χ1) is 18.5. The Kier molecular flexibility index (Phi) is 6.90. The lowest BCUT2D eigenvalue weighted by Gasteiger charge is -2.07. The molecule has 0 fully saturated rings. The van der Waals surface area contributed by atoms with Crippen molar-refractivity contribution < 1.29 is 23.2 Å². The molecule has 0 aliphatic heterocycles. The quantitative estimate of drug-likeness (QED) is 0.292. The van der Waals surface area contributed by atoms with E-state index in [1.54, 1.807) is 62.2 Å². The normalized spacial score (nSPS) is 10.8. The first-order valence-corrected chi connectivity index (χ1v) is 11.8. The van der Waals surface area contributed by atoms with Crippen molar-refractivity contribution in [1.29, 1.82) is 0 Å². The Morgan fingerprint density at radius 2 is 1.74 bits per heavy atom. The molecule has 5 aromatic rings. The van der Waals surface area contributed by atoms with Gasteiger partial charge in [-0.15, -0.1) is 0 Å². The highest BCUT2D eigenvalue weighted by atomic mass is 19.1. The molecule has 0 spiro atoms. The summed E-state index contributed by atoms with van der Waals surface area (Å²) in [5.74, 6) is 0.829. The molecule has 2 aromatic heterocycles. The van der Waals surface area contributed by atoms with Gasteiger partial charge in [0.15, 0.2) is 23.0 Å². The molecule has 0 saturated carbocycles. The van der Waals surface area contributed by atoms with Crippen molar-refractivity contribution in [3.8, 4) is 39.8 Å². The fourth-order valence-electron chi connectivity index (χ4n) is 4.06. The van der Waals surface area contributed by atoms with Gasteiger partial charge in [-0.1, -0.05) is 23.4 Å². The minimum absolute atomic E-state index is 0.129. The number of nitrogens with zero attached hydrogens (tertiary/aromatic N) is 3.